The van der Waals surface area contributed by atoms with E-state index < -0.39 is 0 Å². The van der Waals surface area contributed by atoms with Gasteiger partial charge in [-0.15, -0.1) is 0 Å². The summed E-state index contributed by atoms with van der Waals surface area (Å²) in [6.45, 7) is 3.17. The Kier molecular flexibility index (Phi) is 5.78. The van der Waals surface area contributed by atoms with Crippen LogP contribution >= 0.6 is 0 Å². The number of aromatic nitrogens is 2. The predicted octanol–water partition coefficient (Wildman–Crippen LogP) is 2.79. The number of piperidine rings is 1. The second-order valence-corrected chi connectivity index (χ2v) is 6.39. The van der Waals surface area contributed by atoms with E-state index in [0.717, 1.165) is 18.5 Å². The molecule has 1 aliphatic heterocycles. The number of benzene rings is 1. The van der Waals surface area contributed by atoms with Crippen LogP contribution < -0.4 is 5.32 Å². The third-order valence-electron chi connectivity index (χ3n) is 4.39. The van der Waals surface area contributed by atoms with Gasteiger partial charge in [0.2, 0.25) is 5.95 Å². The Morgan fingerprint density at radius 1 is 1.38 bits per heavy atom. The topological polar surface area (TPSA) is 67.4 Å². The highest BCUT2D eigenvalue weighted by atomic mass is 19.1. The van der Waals surface area contributed by atoms with Gasteiger partial charge in [-0.05, 0) is 31.9 Å². The van der Waals surface area contributed by atoms with Gasteiger partial charge in [0.05, 0.1) is 12.7 Å². The molecule has 1 aromatic carbocycles. The molecule has 3 rings (SSSR count). The maximum absolute atomic E-state index is 13.7. The normalized spacial score (nSPS) is 17.2. The molecule has 1 saturated heterocycles. The van der Waals surface area contributed by atoms with Gasteiger partial charge >= 0.3 is 0 Å². The highest BCUT2D eigenvalue weighted by Gasteiger charge is 2.26. The minimum absolute atomic E-state index is 0.112. The van der Waals surface area contributed by atoms with Crippen molar-refractivity contribution in [3.05, 3.63) is 53.1 Å². The summed E-state index contributed by atoms with van der Waals surface area (Å²) in [6.07, 6.45) is 1.58. The first-order valence-corrected chi connectivity index (χ1v) is 8.74. The number of ether oxygens (including phenoxy) is 1. The monoisotopic (exact) mass is 358 g/mol. The molecule has 0 radical (unpaired) electrons. The Balaban J connectivity index is 1.63. The largest absolute Gasteiger partial charge is 0.372 e. The average molecular weight is 358 g/mol. The first kappa shape index (κ1) is 18.3. The summed E-state index contributed by atoms with van der Waals surface area (Å²) in [5, 5.41) is 2.87. The van der Waals surface area contributed by atoms with Crippen molar-refractivity contribution >= 4 is 11.9 Å². The molecule has 0 aliphatic carbocycles. The smallest absolute Gasteiger partial charge is 0.272 e. The molecule has 6 nitrogen and oxygen atoms in total. The molecule has 0 spiro atoms. The van der Waals surface area contributed by atoms with Crippen LogP contribution in [0.5, 0.6) is 0 Å². The number of halogens is 1. The molecule has 1 amide bonds. The number of nitrogens with one attached hydrogen (secondary N) is 1. The third kappa shape index (κ3) is 4.35. The third-order valence-corrected chi connectivity index (χ3v) is 4.39. The number of hydrogen-bond acceptors (Lipinski definition) is 5. The van der Waals surface area contributed by atoms with Gasteiger partial charge in [-0.25, -0.2) is 14.4 Å². The summed E-state index contributed by atoms with van der Waals surface area (Å²) in [7, 11) is 1.72. The van der Waals surface area contributed by atoms with Crippen molar-refractivity contribution in [2.75, 3.05) is 25.5 Å². The summed E-state index contributed by atoms with van der Waals surface area (Å²) in [6, 6.07) is 8.27. The van der Waals surface area contributed by atoms with Crippen LogP contribution in [0.4, 0.5) is 10.3 Å². The van der Waals surface area contributed by atoms with E-state index in [-0.39, 0.29) is 24.4 Å². The minimum Gasteiger partial charge on any atom is -0.372 e. The van der Waals surface area contributed by atoms with Crippen molar-refractivity contribution in [2.45, 2.75) is 32.5 Å². The second-order valence-electron chi connectivity index (χ2n) is 6.39. The maximum atomic E-state index is 13.7. The molecule has 1 atom stereocenters. The number of carbonyl (C=O) groups is 1. The van der Waals surface area contributed by atoms with E-state index in [0.29, 0.717) is 30.3 Å². The fourth-order valence-electron chi connectivity index (χ4n) is 3.03. The van der Waals surface area contributed by atoms with Gasteiger partial charge in [0.25, 0.3) is 5.91 Å². The van der Waals surface area contributed by atoms with Crippen LogP contribution in [0, 0.1) is 12.7 Å². The van der Waals surface area contributed by atoms with Crippen LogP contribution in [-0.2, 0) is 11.3 Å². The Bertz CT molecular complexity index is 784. The first-order valence-electron chi connectivity index (χ1n) is 8.74. The van der Waals surface area contributed by atoms with Crippen molar-refractivity contribution in [1.29, 1.82) is 0 Å². The van der Waals surface area contributed by atoms with Gasteiger partial charge in [-0.1, -0.05) is 18.2 Å². The highest BCUT2D eigenvalue weighted by Crippen LogP contribution is 2.18. The number of rotatable bonds is 5. The van der Waals surface area contributed by atoms with Crippen molar-refractivity contribution in [3.63, 3.8) is 0 Å². The Morgan fingerprint density at radius 2 is 2.19 bits per heavy atom. The number of amides is 1. The van der Waals surface area contributed by atoms with Gasteiger partial charge < -0.3 is 15.0 Å². The predicted molar refractivity (Wildman–Crippen MR) is 96.4 cm³/mol. The summed E-state index contributed by atoms with van der Waals surface area (Å²) in [4.78, 5) is 23.0. The van der Waals surface area contributed by atoms with Crippen LogP contribution in [0.15, 0.2) is 30.3 Å². The molecule has 1 N–H and O–H groups in total. The molecular weight excluding hydrogens is 335 g/mol. The van der Waals surface area contributed by atoms with Gasteiger partial charge in [-0.3, -0.25) is 4.79 Å². The summed E-state index contributed by atoms with van der Waals surface area (Å²) in [5.74, 6) is 0.0243. The molecule has 0 bridgehead atoms. The van der Waals surface area contributed by atoms with Gasteiger partial charge in [0.15, 0.2) is 0 Å². The van der Waals surface area contributed by atoms with Gasteiger partial charge in [0.1, 0.15) is 11.5 Å². The Hall–Kier alpha value is -2.54. The molecule has 1 aromatic heterocycles. The van der Waals surface area contributed by atoms with Crippen molar-refractivity contribution in [3.8, 4) is 0 Å². The molecular formula is C19H23FN4O2. The Labute approximate surface area is 152 Å². The zero-order chi connectivity index (χ0) is 18.5. The van der Waals surface area contributed by atoms with Gasteiger partial charge in [-0.2, -0.15) is 0 Å². The molecule has 7 heteroatoms. The van der Waals surface area contributed by atoms with E-state index in [1.165, 1.54) is 6.07 Å². The molecule has 1 aliphatic rings. The lowest BCUT2D eigenvalue weighted by molar-refractivity contribution is -0.00777. The number of carbonyl (C=O) groups excluding carboxylic acids is 1. The molecule has 2 aromatic rings. The van der Waals surface area contributed by atoms with E-state index >= 15 is 0 Å². The van der Waals surface area contributed by atoms with E-state index in [9.17, 15) is 9.18 Å². The van der Waals surface area contributed by atoms with Crippen LogP contribution in [-0.4, -0.2) is 47.0 Å². The van der Waals surface area contributed by atoms with E-state index in [2.05, 4.69) is 15.3 Å². The fourth-order valence-corrected chi connectivity index (χ4v) is 3.03. The number of nitrogens with zero attached hydrogens (tertiary/aromatic N) is 3. The zero-order valence-electron chi connectivity index (χ0n) is 15.0. The van der Waals surface area contributed by atoms with Crippen LogP contribution in [0.1, 0.15) is 34.6 Å². The quantitative estimate of drug-likeness (QED) is 0.890. The molecule has 1 fully saturated rings. The number of hydrogen-bond donors (Lipinski definition) is 1. The zero-order valence-corrected chi connectivity index (χ0v) is 15.0. The Morgan fingerprint density at radius 3 is 2.96 bits per heavy atom. The first-order chi connectivity index (χ1) is 12.6. The minimum atomic E-state index is -0.271. The number of aryl methyl sites for hydroxylation is 1. The van der Waals surface area contributed by atoms with Crippen molar-refractivity contribution in [1.82, 2.24) is 14.9 Å². The fraction of sp³-hybridized carbons (Fsp3) is 0.421. The van der Waals surface area contributed by atoms with Gasteiger partial charge in [0, 0.05) is 31.4 Å². The second kappa shape index (κ2) is 8.23. The van der Waals surface area contributed by atoms with E-state index in [4.69, 9.17) is 4.74 Å². The van der Waals surface area contributed by atoms with Crippen molar-refractivity contribution in [2.24, 2.45) is 0 Å². The van der Waals surface area contributed by atoms with Crippen LogP contribution in [0.2, 0.25) is 0 Å². The molecule has 26 heavy (non-hydrogen) atoms. The van der Waals surface area contributed by atoms with Crippen molar-refractivity contribution < 1.29 is 13.9 Å². The van der Waals surface area contributed by atoms with E-state index in [1.54, 1.807) is 36.2 Å². The summed E-state index contributed by atoms with van der Waals surface area (Å²) in [5.41, 5.74) is 1.63. The molecule has 0 unspecified atom stereocenters. The lowest BCUT2D eigenvalue weighted by Gasteiger charge is -2.32. The number of anilines is 1. The maximum Gasteiger partial charge on any atom is 0.272 e. The lowest BCUT2D eigenvalue weighted by Crippen LogP contribution is -2.43. The average Bonchev–Trinajstić information content (AvgIpc) is 2.66. The standard InChI is InChI=1S/C19H23FN4O2/c1-13-10-17(23-19(21-2)22-13)18(25)24-9-5-7-15(11-24)26-12-14-6-3-4-8-16(14)20/h3-4,6,8,10,15H,5,7,9,11-12H2,1-2H3,(H,21,22,23)/t15-/m0/s1. The van der Waals surface area contributed by atoms with Crippen LogP contribution in [0.25, 0.3) is 0 Å². The van der Waals surface area contributed by atoms with E-state index in [1.807, 2.05) is 6.92 Å². The summed E-state index contributed by atoms with van der Waals surface area (Å²) < 4.78 is 19.6. The molecule has 0 saturated carbocycles. The summed E-state index contributed by atoms with van der Waals surface area (Å²) >= 11 is 0. The molecule has 2 heterocycles. The molecule has 138 valence electrons. The highest BCUT2D eigenvalue weighted by molar-refractivity contribution is 5.92. The van der Waals surface area contributed by atoms with Crippen LogP contribution in [0.3, 0.4) is 0 Å². The number of likely N-dealkylation sites (tertiary alicyclic amines) is 1. The SMILES string of the molecule is CNc1nc(C)cc(C(=O)N2CCC[C@H](OCc3ccccc3F)C2)n1. The lowest BCUT2D eigenvalue weighted by atomic mass is 10.1.